The molecule has 0 saturated carbocycles. The fourth-order valence-electron chi connectivity index (χ4n) is 3.25. The van der Waals surface area contributed by atoms with Crippen LogP contribution in [-0.2, 0) is 0 Å². The van der Waals surface area contributed by atoms with Gasteiger partial charge in [0.25, 0.3) is 5.91 Å². The maximum atomic E-state index is 12.2. The van der Waals surface area contributed by atoms with Gasteiger partial charge in [-0.3, -0.25) is 9.69 Å². The monoisotopic (exact) mass is 358 g/mol. The molecule has 0 unspecified atom stereocenters. The number of benzene rings is 1. The average molecular weight is 358 g/mol. The topological polar surface area (TPSA) is 66.2 Å². The molecular weight excluding hydrogens is 332 g/mol. The highest BCUT2D eigenvalue weighted by Crippen LogP contribution is 2.16. The molecule has 0 aliphatic carbocycles. The number of nitrogens with zero attached hydrogens (tertiary/aromatic N) is 2. The van der Waals surface area contributed by atoms with E-state index in [0.29, 0.717) is 25.4 Å². The summed E-state index contributed by atoms with van der Waals surface area (Å²) < 4.78 is 10.9. The number of aliphatic hydroxyl groups excluding tert-OH is 1. The molecule has 1 aliphatic heterocycles. The Kier molecular flexibility index (Phi) is 5.96. The van der Waals surface area contributed by atoms with E-state index in [9.17, 15) is 9.90 Å². The second-order valence-electron chi connectivity index (χ2n) is 6.86. The van der Waals surface area contributed by atoms with Crippen LogP contribution < -0.4 is 4.74 Å². The number of aliphatic hydroxyl groups is 1. The molecule has 1 aromatic carbocycles. The molecule has 26 heavy (non-hydrogen) atoms. The number of amides is 1. The third-order valence-corrected chi connectivity index (χ3v) is 4.50. The van der Waals surface area contributed by atoms with Crippen LogP contribution >= 0.6 is 0 Å². The van der Waals surface area contributed by atoms with E-state index in [1.54, 1.807) is 17.0 Å². The summed E-state index contributed by atoms with van der Waals surface area (Å²) in [5.41, 5.74) is 2.29. The lowest BCUT2D eigenvalue weighted by Crippen LogP contribution is -2.50. The number of piperazine rings is 1. The number of ether oxygens (including phenoxy) is 1. The van der Waals surface area contributed by atoms with Gasteiger partial charge in [0, 0.05) is 32.7 Å². The minimum absolute atomic E-state index is 0.0756. The lowest BCUT2D eigenvalue weighted by molar-refractivity contribution is 0.0389. The van der Waals surface area contributed by atoms with Gasteiger partial charge >= 0.3 is 0 Å². The Balaban J connectivity index is 1.42. The number of furan rings is 1. The van der Waals surface area contributed by atoms with Gasteiger partial charge < -0.3 is 19.2 Å². The molecule has 1 amide bonds. The number of carbonyl (C=O) groups excluding carboxylic acids is 1. The molecule has 1 N–H and O–H groups in total. The van der Waals surface area contributed by atoms with Crippen LogP contribution in [0.4, 0.5) is 0 Å². The maximum absolute atomic E-state index is 12.2. The van der Waals surface area contributed by atoms with Crippen molar-refractivity contribution in [3.63, 3.8) is 0 Å². The SMILES string of the molecule is Cc1cc(C)cc(OC[C@H](O)CN2CCN(C(=O)c3ccco3)CC2)c1. The second kappa shape index (κ2) is 8.38. The quantitative estimate of drug-likeness (QED) is 0.857. The summed E-state index contributed by atoms with van der Waals surface area (Å²) in [4.78, 5) is 16.2. The Labute approximate surface area is 154 Å². The lowest BCUT2D eigenvalue weighted by Gasteiger charge is -2.35. The van der Waals surface area contributed by atoms with Crippen LogP contribution in [0.5, 0.6) is 5.75 Å². The van der Waals surface area contributed by atoms with E-state index in [1.165, 1.54) is 6.26 Å². The van der Waals surface area contributed by atoms with E-state index in [-0.39, 0.29) is 12.5 Å². The largest absolute Gasteiger partial charge is 0.491 e. The minimum atomic E-state index is -0.567. The molecule has 1 aliphatic rings. The normalized spacial score (nSPS) is 16.5. The Morgan fingerprint density at radius 3 is 2.50 bits per heavy atom. The average Bonchev–Trinajstić information content (AvgIpc) is 3.14. The van der Waals surface area contributed by atoms with Crippen LogP contribution in [0.25, 0.3) is 0 Å². The van der Waals surface area contributed by atoms with Gasteiger partial charge in [-0.15, -0.1) is 0 Å². The van der Waals surface area contributed by atoms with E-state index in [1.807, 2.05) is 26.0 Å². The first-order valence-corrected chi connectivity index (χ1v) is 8.95. The predicted molar refractivity (Wildman–Crippen MR) is 98.5 cm³/mol. The summed E-state index contributed by atoms with van der Waals surface area (Å²) >= 11 is 0. The van der Waals surface area contributed by atoms with E-state index in [4.69, 9.17) is 9.15 Å². The smallest absolute Gasteiger partial charge is 0.289 e. The van der Waals surface area contributed by atoms with Crippen LogP contribution in [0.15, 0.2) is 41.0 Å². The molecule has 0 radical (unpaired) electrons. The molecule has 1 atom stereocenters. The Hall–Kier alpha value is -2.31. The first-order valence-electron chi connectivity index (χ1n) is 8.95. The summed E-state index contributed by atoms with van der Waals surface area (Å²) in [7, 11) is 0. The highest BCUT2D eigenvalue weighted by Gasteiger charge is 2.24. The van der Waals surface area contributed by atoms with E-state index in [2.05, 4.69) is 11.0 Å². The van der Waals surface area contributed by atoms with Crippen molar-refractivity contribution >= 4 is 5.91 Å². The number of aryl methyl sites for hydroxylation is 2. The number of hydrogen-bond acceptors (Lipinski definition) is 5. The Bertz CT molecular complexity index is 701. The van der Waals surface area contributed by atoms with Gasteiger partial charge in [0.1, 0.15) is 18.5 Å². The molecule has 3 rings (SSSR count). The third kappa shape index (κ3) is 4.86. The predicted octanol–water partition coefficient (Wildman–Crippen LogP) is 2.09. The van der Waals surface area contributed by atoms with Crippen molar-refractivity contribution in [2.24, 2.45) is 0 Å². The minimum Gasteiger partial charge on any atom is -0.491 e. The maximum Gasteiger partial charge on any atom is 0.289 e. The van der Waals surface area contributed by atoms with Crippen molar-refractivity contribution in [2.45, 2.75) is 20.0 Å². The number of hydrogen-bond donors (Lipinski definition) is 1. The first kappa shape index (κ1) is 18.5. The zero-order valence-corrected chi connectivity index (χ0v) is 15.4. The molecule has 2 aromatic rings. The molecule has 1 fully saturated rings. The van der Waals surface area contributed by atoms with E-state index < -0.39 is 6.10 Å². The van der Waals surface area contributed by atoms with Gasteiger partial charge in [-0.05, 0) is 49.2 Å². The highest BCUT2D eigenvalue weighted by molar-refractivity contribution is 5.91. The van der Waals surface area contributed by atoms with Gasteiger partial charge in [0.15, 0.2) is 5.76 Å². The van der Waals surface area contributed by atoms with Crippen LogP contribution in [0, 0.1) is 13.8 Å². The highest BCUT2D eigenvalue weighted by atomic mass is 16.5. The molecule has 0 spiro atoms. The van der Waals surface area contributed by atoms with Crippen LogP contribution in [-0.4, -0.2) is 66.2 Å². The van der Waals surface area contributed by atoms with Gasteiger partial charge in [0.05, 0.1) is 6.26 Å². The fraction of sp³-hybridized carbons (Fsp3) is 0.450. The van der Waals surface area contributed by atoms with Gasteiger partial charge in [-0.2, -0.15) is 0 Å². The van der Waals surface area contributed by atoms with Crippen LogP contribution in [0.2, 0.25) is 0 Å². The van der Waals surface area contributed by atoms with Crippen molar-refractivity contribution in [2.75, 3.05) is 39.3 Å². The summed E-state index contributed by atoms with van der Waals surface area (Å²) in [6.45, 7) is 7.57. The molecule has 0 bridgehead atoms. The summed E-state index contributed by atoms with van der Waals surface area (Å²) in [6, 6.07) is 9.43. The van der Waals surface area contributed by atoms with Crippen molar-refractivity contribution in [3.05, 3.63) is 53.5 Å². The molecule has 6 heteroatoms. The zero-order valence-electron chi connectivity index (χ0n) is 15.4. The van der Waals surface area contributed by atoms with Crippen LogP contribution in [0.3, 0.4) is 0 Å². The van der Waals surface area contributed by atoms with Crippen LogP contribution in [0.1, 0.15) is 21.7 Å². The lowest BCUT2D eigenvalue weighted by atomic mass is 10.1. The second-order valence-corrected chi connectivity index (χ2v) is 6.86. The fourth-order valence-corrected chi connectivity index (χ4v) is 3.25. The number of β-amino-alcohol motifs (C(OH)–C–C–N with tert-alkyl or cyclic N) is 1. The molecule has 1 aromatic heterocycles. The molecule has 2 heterocycles. The van der Waals surface area contributed by atoms with E-state index in [0.717, 1.165) is 30.0 Å². The Morgan fingerprint density at radius 1 is 1.19 bits per heavy atom. The van der Waals surface area contributed by atoms with E-state index >= 15 is 0 Å². The molecule has 140 valence electrons. The van der Waals surface area contributed by atoms with Crippen molar-refractivity contribution in [1.82, 2.24) is 9.80 Å². The van der Waals surface area contributed by atoms with Crippen molar-refractivity contribution in [1.29, 1.82) is 0 Å². The number of carbonyl (C=O) groups is 1. The van der Waals surface area contributed by atoms with Gasteiger partial charge in [-0.25, -0.2) is 0 Å². The summed E-state index contributed by atoms with van der Waals surface area (Å²) in [5.74, 6) is 1.09. The summed E-state index contributed by atoms with van der Waals surface area (Å²) in [6.07, 6.45) is 0.943. The first-order chi connectivity index (χ1) is 12.5. The van der Waals surface area contributed by atoms with Gasteiger partial charge in [0.2, 0.25) is 0 Å². The summed E-state index contributed by atoms with van der Waals surface area (Å²) in [5, 5.41) is 10.3. The molecular formula is C20H26N2O4. The standard InChI is InChI=1S/C20H26N2O4/c1-15-10-16(2)12-18(11-15)26-14-17(23)13-21-5-7-22(8-6-21)20(24)19-4-3-9-25-19/h3-4,9-12,17,23H,5-8,13-14H2,1-2H3/t17-/m1/s1. The number of rotatable bonds is 6. The zero-order chi connectivity index (χ0) is 18.5. The molecule has 1 saturated heterocycles. The third-order valence-electron chi connectivity index (χ3n) is 4.50. The Morgan fingerprint density at radius 2 is 1.88 bits per heavy atom. The van der Waals surface area contributed by atoms with Crippen molar-refractivity contribution < 1.29 is 19.1 Å². The molecule has 6 nitrogen and oxygen atoms in total. The van der Waals surface area contributed by atoms with Gasteiger partial charge in [-0.1, -0.05) is 6.07 Å². The van der Waals surface area contributed by atoms with Crippen molar-refractivity contribution in [3.8, 4) is 5.75 Å².